The van der Waals surface area contributed by atoms with E-state index in [0.717, 1.165) is 19.4 Å². The molecular formula is C14H26O4. The van der Waals surface area contributed by atoms with Crippen molar-refractivity contribution < 1.29 is 19.4 Å². The first-order valence-corrected chi connectivity index (χ1v) is 6.69. The third kappa shape index (κ3) is 10.3. The van der Waals surface area contributed by atoms with Gasteiger partial charge in [-0.05, 0) is 12.3 Å². The molecule has 4 nitrogen and oxygen atoms in total. The van der Waals surface area contributed by atoms with Gasteiger partial charge < -0.3 is 14.6 Å². The maximum atomic E-state index is 10.8. The van der Waals surface area contributed by atoms with Gasteiger partial charge in [-0.2, -0.15) is 0 Å². The molecule has 0 spiro atoms. The van der Waals surface area contributed by atoms with E-state index < -0.39 is 0 Å². The summed E-state index contributed by atoms with van der Waals surface area (Å²) in [4.78, 5) is 10.8. The first kappa shape index (κ1) is 17.1. The number of esters is 1. The molecule has 0 saturated carbocycles. The van der Waals surface area contributed by atoms with Crippen molar-refractivity contribution in [2.45, 2.75) is 45.6 Å². The van der Waals surface area contributed by atoms with E-state index in [1.807, 2.05) is 0 Å². The van der Waals surface area contributed by atoms with Crippen molar-refractivity contribution in [2.24, 2.45) is 5.92 Å². The van der Waals surface area contributed by atoms with E-state index in [2.05, 4.69) is 25.2 Å². The summed E-state index contributed by atoms with van der Waals surface area (Å²) in [6.07, 6.45) is 6.04. The molecule has 1 rings (SSSR count). The second-order valence-electron chi connectivity index (χ2n) is 4.39. The number of unbranched alkanes of at least 4 members (excludes halogenated alkanes) is 1. The Kier molecular flexibility index (Phi) is 10.7. The number of hydrogen-bond donors (Lipinski definition) is 1. The van der Waals surface area contributed by atoms with Gasteiger partial charge in [0.25, 0.3) is 0 Å². The highest BCUT2D eigenvalue weighted by Crippen LogP contribution is 2.12. The minimum absolute atomic E-state index is 0.190. The molecule has 0 aromatic heterocycles. The van der Waals surface area contributed by atoms with Crippen molar-refractivity contribution >= 4 is 5.97 Å². The Morgan fingerprint density at radius 1 is 1.61 bits per heavy atom. The maximum Gasteiger partial charge on any atom is 0.330 e. The number of aliphatic hydroxyl groups excluding tert-OH is 1. The second-order valence-corrected chi connectivity index (χ2v) is 4.39. The van der Waals surface area contributed by atoms with Gasteiger partial charge in [-0.1, -0.05) is 39.7 Å². The summed E-state index contributed by atoms with van der Waals surface area (Å²) < 4.78 is 9.59. The molecule has 106 valence electrons. The molecular weight excluding hydrogens is 232 g/mol. The van der Waals surface area contributed by atoms with Crippen LogP contribution >= 0.6 is 0 Å². The number of carbonyl (C=O) groups is 1. The first-order chi connectivity index (χ1) is 8.67. The summed E-state index contributed by atoms with van der Waals surface area (Å²) >= 11 is 0. The Morgan fingerprint density at radius 3 is 2.61 bits per heavy atom. The molecule has 0 amide bonds. The summed E-state index contributed by atoms with van der Waals surface area (Å²) in [6.45, 7) is 9.15. The van der Waals surface area contributed by atoms with Gasteiger partial charge in [-0.25, -0.2) is 4.79 Å². The molecule has 18 heavy (non-hydrogen) atoms. The van der Waals surface area contributed by atoms with Gasteiger partial charge in [0.05, 0.1) is 19.8 Å². The zero-order valence-corrected chi connectivity index (χ0v) is 11.6. The van der Waals surface area contributed by atoms with Crippen molar-refractivity contribution in [3.8, 4) is 0 Å². The highest BCUT2D eigenvalue weighted by atomic mass is 16.6. The van der Waals surface area contributed by atoms with E-state index in [9.17, 15) is 4.79 Å². The van der Waals surface area contributed by atoms with Crippen LogP contribution in [0.2, 0.25) is 0 Å². The smallest absolute Gasteiger partial charge is 0.330 e. The highest BCUT2D eigenvalue weighted by Gasteiger charge is 2.19. The topological polar surface area (TPSA) is 59.1 Å². The minimum Gasteiger partial charge on any atom is -0.462 e. The molecule has 1 N–H and O–H groups in total. The van der Waals surface area contributed by atoms with E-state index in [1.165, 1.54) is 18.9 Å². The highest BCUT2D eigenvalue weighted by molar-refractivity contribution is 5.81. The molecule has 0 radical (unpaired) electrons. The summed E-state index contributed by atoms with van der Waals surface area (Å²) in [5.41, 5.74) is 0. The summed E-state index contributed by atoms with van der Waals surface area (Å²) in [6, 6.07) is 0. The van der Waals surface area contributed by atoms with Gasteiger partial charge in [0.15, 0.2) is 0 Å². The molecule has 4 heteroatoms. The van der Waals surface area contributed by atoms with Gasteiger partial charge in [-0.3, -0.25) is 0 Å². The largest absolute Gasteiger partial charge is 0.462 e. The molecule has 1 heterocycles. The third-order valence-corrected chi connectivity index (χ3v) is 2.78. The Hall–Kier alpha value is -0.870. The van der Waals surface area contributed by atoms with Gasteiger partial charge in [0.2, 0.25) is 0 Å². The normalized spacial score (nSPS) is 18.3. The van der Waals surface area contributed by atoms with Crippen LogP contribution in [-0.2, 0) is 14.3 Å². The molecule has 0 aromatic rings. The predicted molar refractivity (Wildman–Crippen MR) is 71.3 cm³/mol. The Labute approximate surface area is 110 Å². The number of carbonyl (C=O) groups excluding carboxylic acids is 1. The van der Waals surface area contributed by atoms with Crippen LogP contribution in [0.15, 0.2) is 12.7 Å². The lowest BCUT2D eigenvalue weighted by molar-refractivity contribution is -0.139. The Bertz CT molecular complexity index is 224. The molecule has 1 saturated heterocycles. The fourth-order valence-corrected chi connectivity index (χ4v) is 1.33. The van der Waals surface area contributed by atoms with E-state index in [-0.39, 0.29) is 18.7 Å². The average molecular weight is 258 g/mol. The van der Waals surface area contributed by atoms with Crippen molar-refractivity contribution in [3.63, 3.8) is 0 Å². The number of ether oxygens (including phenoxy) is 2. The van der Waals surface area contributed by atoms with Crippen LogP contribution < -0.4 is 0 Å². The quantitative estimate of drug-likeness (QED) is 0.412. The molecule has 0 aliphatic carbocycles. The SMILES string of the molecule is C=CC(=O)OCC(CC)CCCC.OCC1CO1. The zero-order valence-electron chi connectivity index (χ0n) is 11.6. The monoisotopic (exact) mass is 258 g/mol. The first-order valence-electron chi connectivity index (χ1n) is 6.69. The molecule has 1 fully saturated rings. The lowest BCUT2D eigenvalue weighted by Gasteiger charge is -2.13. The Balaban J connectivity index is 0.000000473. The van der Waals surface area contributed by atoms with Crippen LogP contribution in [0.5, 0.6) is 0 Å². The molecule has 0 bridgehead atoms. The predicted octanol–water partition coefficient (Wildman–Crippen LogP) is 2.31. The standard InChI is InChI=1S/C11H20O2.C3H6O2/c1-4-7-8-10(5-2)9-13-11(12)6-3;4-1-3-2-5-3/h6,10H,3-5,7-9H2,1-2H3;3-4H,1-2H2. The lowest BCUT2D eigenvalue weighted by Crippen LogP contribution is -2.12. The molecule has 0 aromatic carbocycles. The van der Waals surface area contributed by atoms with Crippen molar-refractivity contribution in [1.82, 2.24) is 0 Å². The molecule has 1 aliphatic rings. The van der Waals surface area contributed by atoms with Gasteiger partial charge in [-0.15, -0.1) is 0 Å². The maximum absolute atomic E-state index is 10.8. The van der Waals surface area contributed by atoms with E-state index in [4.69, 9.17) is 9.84 Å². The van der Waals surface area contributed by atoms with E-state index in [0.29, 0.717) is 12.5 Å². The van der Waals surface area contributed by atoms with Crippen LogP contribution in [0.3, 0.4) is 0 Å². The van der Waals surface area contributed by atoms with Gasteiger partial charge in [0, 0.05) is 6.08 Å². The summed E-state index contributed by atoms with van der Waals surface area (Å²) in [7, 11) is 0. The van der Waals surface area contributed by atoms with Crippen LogP contribution in [0.4, 0.5) is 0 Å². The van der Waals surface area contributed by atoms with Gasteiger partial charge in [0.1, 0.15) is 6.10 Å². The van der Waals surface area contributed by atoms with Crippen LogP contribution in [0.1, 0.15) is 39.5 Å². The molecule has 2 atom stereocenters. The van der Waals surface area contributed by atoms with E-state index in [1.54, 1.807) is 0 Å². The van der Waals surface area contributed by atoms with Gasteiger partial charge >= 0.3 is 5.97 Å². The van der Waals surface area contributed by atoms with Crippen LogP contribution in [0.25, 0.3) is 0 Å². The third-order valence-electron chi connectivity index (χ3n) is 2.78. The average Bonchev–Trinajstić information content (AvgIpc) is 3.23. The number of aliphatic hydroxyl groups is 1. The van der Waals surface area contributed by atoms with E-state index >= 15 is 0 Å². The minimum atomic E-state index is -0.310. The Morgan fingerprint density at radius 2 is 2.28 bits per heavy atom. The fourth-order valence-electron chi connectivity index (χ4n) is 1.33. The number of hydrogen-bond acceptors (Lipinski definition) is 4. The second kappa shape index (κ2) is 11.2. The number of rotatable bonds is 8. The summed E-state index contributed by atoms with van der Waals surface area (Å²) in [5.74, 6) is 0.207. The van der Waals surface area contributed by atoms with Crippen molar-refractivity contribution in [3.05, 3.63) is 12.7 Å². The fraction of sp³-hybridized carbons (Fsp3) is 0.786. The summed E-state index contributed by atoms with van der Waals surface area (Å²) in [5, 5.41) is 8.08. The molecule has 2 unspecified atom stereocenters. The van der Waals surface area contributed by atoms with Crippen LogP contribution in [0, 0.1) is 5.92 Å². The molecule has 1 aliphatic heterocycles. The van der Waals surface area contributed by atoms with Crippen LogP contribution in [-0.4, -0.2) is 37.0 Å². The number of epoxide rings is 1. The zero-order chi connectivity index (χ0) is 13.8. The lowest BCUT2D eigenvalue weighted by atomic mass is 10.0. The van der Waals surface area contributed by atoms with Crippen molar-refractivity contribution in [2.75, 3.05) is 19.8 Å². The van der Waals surface area contributed by atoms with Crippen molar-refractivity contribution in [1.29, 1.82) is 0 Å².